The molecule has 0 radical (unpaired) electrons. The molecule has 0 bridgehead atoms. The number of thiophene rings is 1. The van der Waals surface area contributed by atoms with Crippen molar-refractivity contribution in [3.8, 4) is 10.4 Å². The van der Waals surface area contributed by atoms with Crippen molar-refractivity contribution in [2.24, 2.45) is 0 Å². The van der Waals surface area contributed by atoms with E-state index < -0.39 is 0 Å². The molecule has 0 spiro atoms. The molecule has 6 nitrogen and oxygen atoms in total. The molecule has 0 aliphatic heterocycles. The van der Waals surface area contributed by atoms with Gasteiger partial charge in [-0.1, -0.05) is 18.2 Å². The summed E-state index contributed by atoms with van der Waals surface area (Å²) in [6, 6.07) is 9.10. The number of carbonyl (C=O) groups excluding carboxylic acids is 2. The van der Waals surface area contributed by atoms with Crippen molar-refractivity contribution in [1.82, 2.24) is 10.3 Å². The van der Waals surface area contributed by atoms with Crippen LogP contribution in [0.3, 0.4) is 0 Å². The number of nitrogens with zero attached hydrogens (tertiary/aromatic N) is 1. The Labute approximate surface area is 176 Å². The first-order valence-corrected chi connectivity index (χ1v) is 11.1. The summed E-state index contributed by atoms with van der Waals surface area (Å²) in [6.45, 7) is 1.98. The fraction of sp³-hybridized carbons (Fsp3) is 0.286. The third-order valence-electron chi connectivity index (χ3n) is 4.81. The number of fused-ring (bicyclic) bond motifs is 1. The summed E-state index contributed by atoms with van der Waals surface area (Å²) in [6.07, 6.45) is 3.17. The SMILES string of the molecule is Cc1sc(-c2ccccc2C(=O)NCCO)cc1C(=O)Nc1nc2c(s1)CCC2. The molecule has 0 saturated carbocycles. The number of aryl methyl sites for hydroxylation is 3. The quantitative estimate of drug-likeness (QED) is 0.560. The van der Waals surface area contributed by atoms with Crippen LogP contribution in [0.4, 0.5) is 5.13 Å². The summed E-state index contributed by atoms with van der Waals surface area (Å²) in [5.41, 5.74) is 2.98. The van der Waals surface area contributed by atoms with Crippen LogP contribution in [0.5, 0.6) is 0 Å². The van der Waals surface area contributed by atoms with Gasteiger partial charge in [0.15, 0.2) is 5.13 Å². The van der Waals surface area contributed by atoms with Gasteiger partial charge >= 0.3 is 0 Å². The van der Waals surface area contributed by atoms with Crippen LogP contribution in [0.1, 0.15) is 42.6 Å². The highest BCUT2D eigenvalue weighted by molar-refractivity contribution is 7.16. The van der Waals surface area contributed by atoms with E-state index in [0.29, 0.717) is 16.3 Å². The molecule has 0 unspecified atom stereocenters. The number of carbonyl (C=O) groups is 2. The third kappa shape index (κ3) is 4.10. The Morgan fingerprint density at radius 2 is 1.97 bits per heavy atom. The lowest BCUT2D eigenvalue weighted by Crippen LogP contribution is -2.26. The average Bonchev–Trinajstić information content (AvgIpc) is 3.40. The lowest BCUT2D eigenvalue weighted by Gasteiger charge is -2.08. The molecule has 4 rings (SSSR count). The van der Waals surface area contributed by atoms with Gasteiger partial charge in [0.05, 0.1) is 17.9 Å². The number of aliphatic hydroxyl groups is 1. The number of aromatic nitrogens is 1. The minimum absolute atomic E-state index is 0.115. The Morgan fingerprint density at radius 3 is 2.76 bits per heavy atom. The number of aliphatic hydroxyl groups excluding tert-OH is 1. The highest BCUT2D eigenvalue weighted by Gasteiger charge is 2.21. The number of hydrogen-bond donors (Lipinski definition) is 3. The highest BCUT2D eigenvalue weighted by Crippen LogP contribution is 2.35. The van der Waals surface area contributed by atoms with Gasteiger partial charge in [0, 0.05) is 32.3 Å². The summed E-state index contributed by atoms with van der Waals surface area (Å²) in [5.74, 6) is -0.427. The molecule has 29 heavy (non-hydrogen) atoms. The second-order valence-electron chi connectivity index (χ2n) is 6.80. The second kappa shape index (κ2) is 8.44. The molecular formula is C21H21N3O3S2. The van der Waals surface area contributed by atoms with Gasteiger partial charge in [-0.2, -0.15) is 0 Å². The number of anilines is 1. The summed E-state index contributed by atoms with van der Waals surface area (Å²) >= 11 is 3.03. The first-order chi connectivity index (χ1) is 14.1. The molecule has 0 fully saturated rings. The van der Waals surface area contributed by atoms with E-state index in [2.05, 4.69) is 15.6 Å². The monoisotopic (exact) mass is 427 g/mol. The van der Waals surface area contributed by atoms with Crippen molar-refractivity contribution in [1.29, 1.82) is 0 Å². The molecule has 2 aromatic heterocycles. The largest absolute Gasteiger partial charge is 0.395 e. The molecule has 0 saturated heterocycles. The molecule has 3 aromatic rings. The molecule has 0 atom stereocenters. The minimum Gasteiger partial charge on any atom is -0.395 e. The van der Waals surface area contributed by atoms with Crippen molar-refractivity contribution >= 4 is 39.6 Å². The first kappa shape index (κ1) is 19.8. The Kier molecular flexibility index (Phi) is 5.75. The molecule has 8 heteroatoms. The number of benzene rings is 1. The van der Waals surface area contributed by atoms with Gasteiger partial charge in [-0.05, 0) is 38.3 Å². The van der Waals surface area contributed by atoms with E-state index >= 15 is 0 Å². The predicted molar refractivity (Wildman–Crippen MR) is 116 cm³/mol. The normalized spacial score (nSPS) is 12.6. The molecule has 1 aliphatic carbocycles. The maximum absolute atomic E-state index is 12.8. The van der Waals surface area contributed by atoms with Gasteiger partial charge in [-0.3, -0.25) is 14.9 Å². The summed E-state index contributed by atoms with van der Waals surface area (Å²) in [5, 5.41) is 15.2. The highest BCUT2D eigenvalue weighted by atomic mass is 32.1. The molecule has 3 N–H and O–H groups in total. The van der Waals surface area contributed by atoms with Gasteiger partial charge < -0.3 is 10.4 Å². The average molecular weight is 428 g/mol. The van der Waals surface area contributed by atoms with Gasteiger partial charge in [-0.15, -0.1) is 22.7 Å². The zero-order valence-corrected chi connectivity index (χ0v) is 17.6. The van der Waals surface area contributed by atoms with Crippen LogP contribution in [0.25, 0.3) is 10.4 Å². The van der Waals surface area contributed by atoms with E-state index in [1.165, 1.54) is 16.2 Å². The first-order valence-electron chi connectivity index (χ1n) is 9.45. The van der Waals surface area contributed by atoms with Gasteiger partial charge in [0.2, 0.25) is 0 Å². The summed E-state index contributed by atoms with van der Waals surface area (Å²) < 4.78 is 0. The Hall–Kier alpha value is -2.55. The molecule has 2 heterocycles. The van der Waals surface area contributed by atoms with Crippen LogP contribution in [0.15, 0.2) is 30.3 Å². The Bertz CT molecular complexity index is 1050. The van der Waals surface area contributed by atoms with Gasteiger partial charge in [-0.25, -0.2) is 4.98 Å². The van der Waals surface area contributed by atoms with Crippen molar-refractivity contribution in [2.75, 3.05) is 18.5 Å². The van der Waals surface area contributed by atoms with Crippen molar-refractivity contribution in [2.45, 2.75) is 26.2 Å². The van der Waals surface area contributed by atoms with E-state index in [0.717, 1.165) is 40.3 Å². The van der Waals surface area contributed by atoms with Crippen LogP contribution in [0.2, 0.25) is 0 Å². The lowest BCUT2D eigenvalue weighted by atomic mass is 10.0. The zero-order chi connectivity index (χ0) is 20.4. The topological polar surface area (TPSA) is 91.3 Å². The molecular weight excluding hydrogens is 406 g/mol. The van der Waals surface area contributed by atoms with Crippen LogP contribution < -0.4 is 10.6 Å². The fourth-order valence-electron chi connectivity index (χ4n) is 3.41. The van der Waals surface area contributed by atoms with E-state index in [9.17, 15) is 9.59 Å². The number of rotatable bonds is 6. The van der Waals surface area contributed by atoms with Crippen LogP contribution in [0, 0.1) is 6.92 Å². The molecule has 1 aromatic carbocycles. The summed E-state index contributed by atoms with van der Waals surface area (Å²) in [7, 11) is 0. The zero-order valence-electron chi connectivity index (χ0n) is 15.9. The Balaban J connectivity index is 1.58. The van der Waals surface area contributed by atoms with Crippen molar-refractivity contribution in [3.05, 3.63) is 56.9 Å². The van der Waals surface area contributed by atoms with Crippen molar-refractivity contribution < 1.29 is 14.7 Å². The van der Waals surface area contributed by atoms with E-state index in [4.69, 9.17) is 5.11 Å². The van der Waals surface area contributed by atoms with Crippen molar-refractivity contribution in [3.63, 3.8) is 0 Å². The Morgan fingerprint density at radius 1 is 1.14 bits per heavy atom. The van der Waals surface area contributed by atoms with Crippen LogP contribution in [-0.2, 0) is 12.8 Å². The van der Waals surface area contributed by atoms with E-state index in [1.54, 1.807) is 23.5 Å². The predicted octanol–water partition coefficient (Wildman–Crippen LogP) is 3.64. The second-order valence-corrected chi connectivity index (χ2v) is 9.14. The number of amides is 2. The molecule has 2 amide bonds. The third-order valence-corrected chi connectivity index (χ3v) is 6.97. The van der Waals surface area contributed by atoms with Crippen LogP contribution in [-0.4, -0.2) is 35.1 Å². The number of thiazole rings is 1. The standard InChI is InChI=1S/C21H21N3O3S2/c1-12-15(20(27)24-21-23-16-7-4-8-17(16)29-21)11-18(28-12)13-5-2-3-6-14(13)19(26)22-9-10-25/h2-3,5-6,11,25H,4,7-10H2,1H3,(H,22,26)(H,23,24,27). The summed E-state index contributed by atoms with van der Waals surface area (Å²) in [4.78, 5) is 32.8. The number of hydrogen-bond acceptors (Lipinski definition) is 6. The smallest absolute Gasteiger partial charge is 0.258 e. The van der Waals surface area contributed by atoms with E-state index in [1.807, 2.05) is 25.1 Å². The lowest BCUT2D eigenvalue weighted by molar-refractivity contribution is 0.0944. The fourth-order valence-corrected chi connectivity index (χ4v) is 5.51. The van der Waals surface area contributed by atoms with Gasteiger partial charge in [0.1, 0.15) is 0 Å². The molecule has 150 valence electrons. The molecule has 1 aliphatic rings. The van der Waals surface area contributed by atoms with E-state index in [-0.39, 0.29) is 25.0 Å². The van der Waals surface area contributed by atoms with Gasteiger partial charge in [0.25, 0.3) is 11.8 Å². The van der Waals surface area contributed by atoms with Crippen LogP contribution >= 0.6 is 22.7 Å². The maximum atomic E-state index is 12.8. The number of nitrogens with one attached hydrogen (secondary N) is 2. The maximum Gasteiger partial charge on any atom is 0.258 e. The minimum atomic E-state index is -0.246.